The van der Waals surface area contributed by atoms with Crippen LogP contribution in [0, 0.1) is 11.3 Å². The minimum atomic E-state index is -5.10. The highest BCUT2D eigenvalue weighted by molar-refractivity contribution is 5.83. The van der Waals surface area contributed by atoms with Crippen molar-refractivity contribution in [1.29, 1.82) is 0 Å². The highest BCUT2D eigenvalue weighted by atomic mass is 19.4. The number of hydrogen-bond donors (Lipinski definition) is 3. The van der Waals surface area contributed by atoms with Gasteiger partial charge in [-0.05, 0) is 19.4 Å². The summed E-state index contributed by atoms with van der Waals surface area (Å²) in [7, 11) is 0.782. The average molecular weight is 460 g/mol. The van der Waals surface area contributed by atoms with Gasteiger partial charge >= 0.3 is 12.1 Å². The van der Waals surface area contributed by atoms with Gasteiger partial charge in [-0.15, -0.1) is 0 Å². The highest BCUT2D eigenvalue weighted by Gasteiger charge is 2.64. The predicted molar refractivity (Wildman–Crippen MR) is 110 cm³/mol. The van der Waals surface area contributed by atoms with E-state index >= 15 is 0 Å². The van der Waals surface area contributed by atoms with Gasteiger partial charge in [0.2, 0.25) is 0 Å². The van der Waals surface area contributed by atoms with Crippen molar-refractivity contribution < 1.29 is 42.8 Å². The molecule has 1 saturated carbocycles. The first kappa shape index (κ1) is 26.3. The van der Waals surface area contributed by atoms with Crippen LogP contribution in [0.25, 0.3) is 0 Å². The Labute approximate surface area is 185 Å². The fourth-order valence-electron chi connectivity index (χ4n) is 4.35. The molecule has 1 aliphatic carbocycles. The molecule has 1 fully saturated rings. The van der Waals surface area contributed by atoms with Crippen LogP contribution in [-0.2, 0) is 19.9 Å². The third kappa shape index (κ3) is 4.44. The summed E-state index contributed by atoms with van der Waals surface area (Å²) in [5.74, 6) is -2.42. The minimum absolute atomic E-state index is 0.0996. The number of methoxy groups -OCH3 is 1. The van der Waals surface area contributed by atoms with Gasteiger partial charge in [0.1, 0.15) is 6.10 Å². The van der Waals surface area contributed by atoms with Crippen LogP contribution in [0.2, 0.25) is 0 Å². The molecule has 9 heteroatoms. The highest BCUT2D eigenvalue weighted by Crippen LogP contribution is 2.48. The number of halogens is 3. The van der Waals surface area contributed by atoms with Crippen molar-refractivity contribution in [1.82, 2.24) is 0 Å². The number of benzene rings is 1. The number of aliphatic hydroxyl groups excluding tert-OH is 2. The summed E-state index contributed by atoms with van der Waals surface area (Å²) in [5.41, 5.74) is -6.20. The molecule has 0 aromatic heterocycles. The Morgan fingerprint density at radius 1 is 1.22 bits per heavy atom. The smallest absolute Gasteiger partial charge is 0.432 e. The van der Waals surface area contributed by atoms with Gasteiger partial charge in [-0.25, -0.2) is 4.79 Å². The van der Waals surface area contributed by atoms with Crippen molar-refractivity contribution >= 4 is 5.97 Å². The van der Waals surface area contributed by atoms with Gasteiger partial charge in [-0.3, -0.25) is 0 Å². The van der Waals surface area contributed by atoms with Gasteiger partial charge in [-0.1, -0.05) is 57.2 Å². The number of hydrogen-bond acceptors (Lipinski definition) is 6. The standard InChI is InChI=1S/C23H31F3O6/c1-14(11-12-21(30)15(2)18(28)17(27)13-20(21,3)4)32-19(29)22(31-5,23(24,25)26)16-9-7-6-8-10-16/h6-12,14-15,17-18,27-28,30H,13H2,1-5H3/b12-11+/t14-,15-,17+,18+,21-,22-/m1/s1. The van der Waals surface area contributed by atoms with Crippen molar-refractivity contribution in [3.8, 4) is 0 Å². The number of esters is 1. The number of alkyl halides is 3. The molecule has 0 spiro atoms. The van der Waals surface area contributed by atoms with E-state index in [4.69, 9.17) is 9.47 Å². The topological polar surface area (TPSA) is 96.2 Å². The second-order valence-corrected chi connectivity index (χ2v) is 8.98. The second kappa shape index (κ2) is 9.13. The zero-order chi connectivity index (χ0) is 24.5. The van der Waals surface area contributed by atoms with E-state index in [0.717, 1.165) is 19.2 Å². The summed E-state index contributed by atoms with van der Waals surface area (Å²) in [6.07, 6.45) is -5.79. The van der Waals surface area contributed by atoms with Crippen molar-refractivity contribution in [2.75, 3.05) is 7.11 Å². The lowest BCUT2D eigenvalue weighted by atomic mass is 9.58. The van der Waals surface area contributed by atoms with Crippen molar-refractivity contribution in [3.63, 3.8) is 0 Å². The normalized spacial score (nSPS) is 31.2. The molecule has 0 bridgehead atoms. The van der Waals surface area contributed by atoms with E-state index in [1.165, 1.54) is 37.3 Å². The Balaban J connectivity index is 2.32. The van der Waals surface area contributed by atoms with Crippen LogP contribution < -0.4 is 0 Å². The summed E-state index contributed by atoms with van der Waals surface area (Å²) in [4.78, 5) is 12.7. The Hall–Kier alpha value is -1.94. The summed E-state index contributed by atoms with van der Waals surface area (Å²) in [6.45, 7) is 6.32. The van der Waals surface area contributed by atoms with E-state index in [1.54, 1.807) is 20.8 Å². The molecule has 0 heterocycles. The van der Waals surface area contributed by atoms with E-state index in [-0.39, 0.29) is 6.42 Å². The molecule has 1 aromatic carbocycles. The quantitative estimate of drug-likeness (QED) is 0.446. The molecule has 1 aliphatic rings. The molecule has 2 rings (SSSR count). The molecule has 180 valence electrons. The third-order valence-electron chi connectivity index (χ3n) is 6.49. The summed E-state index contributed by atoms with van der Waals surface area (Å²) < 4.78 is 51.8. The van der Waals surface area contributed by atoms with Crippen molar-refractivity contribution in [2.45, 2.75) is 69.8 Å². The Bertz CT molecular complexity index is 825. The van der Waals surface area contributed by atoms with Crippen LogP contribution >= 0.6 is 0 Å². The summed E-state index contributed by atoms with van der Waals surface area (Å²) in [6, 6.07) is 6.47. The van der Waals surface area contributed by atoms with E-state index in [1.807, 2.05) is 0 Å². The van der Waals surface area contributed by atoms with Gasteiger partial charge in [0.15, 0.2) is 0 Å². The maximum absolute atomic E-state index is 14.0. The Morgan fingerprint density at radius 3 is 2.28 bits per heavy atom. The van der Waals surface area contributed by atoms with Gasteiger partial charge < -0.3 is 24.8 Å². The Kier molecular flexibility index (Phi) is 7.51. The van der Waals surface area contributed by atoms with Crippen LogP contribution in [0.15, 0.2) is 42.5 Å². The number of carbonyl (C=O) groups is 1. The summed E-state index contributed by atoms with van der Waals surface area (Å²) in [5, 5.41) is 31.5. The van der Waals surface area contributed by atoms with Gasteiger partial charge in [0.05, 0.1) is 17.8 Å². The van der Waals surface area contributed by atoms with E-state index in [2.05, 4.69) is 0 Å². The second-order valence-electron chi connectivity index (χ2n) is 8.98. The van der Waals surface area contributed by atoms with Gasteiger partial charge in [0.25, 0.3) is 5.60 Å². The first-order chi connectivity index (χ1) is 14.6. The molecule has 0 aliphatic heterocycles. The fraction of sp³-hybridized carbons (Fsp3) is 0.609. The van der Waals surface area contributed by atoms with Gasteiger partial charge in [0, 0.05) is 24.0 Å². The largest absolute Gasteiger partial charge is 0.456 e. The van der Waals surface area contributed by atoms with Crippen molar-refractivity contribution in [2.24, 2.45) is 11.3 Å². The molecule has 3 N–H and O–H groups in total. The maximum atomic E-state index is 14.0. The fourth-order valence-corrected chi connectivity index (χ4v) is 4.35. The van der Waals surface area contributed by atoms with E-state index < -0.39 is 58.6 Å². The third-order valence-corrected chi connectivity index (χ3v) is 6.49. The zero-order valence-electron chi connectivity index (χ0n) is 18.8. The number of aliphatic hydroxyl groups is 3. The molecule has 0 saturated heterocycles. The molecule has 0 unspecified atom stereocenters. The number of carbonyl (C=O) groups excluding carboxylic acids is 1. The first-order valence-electron chi connectivity index (χ1n) is 10.3. The van der Waals surface area contributed by atoms with E-state index in [9.17, 15) is 33.3 Å². The molecule has 6 atom stereocenters. The average Bonchev–Trinajstić information content (AvgIpc) is 2.70. The SMILES string of the molecule is CO[C@@](C(=O)O[C@H](C)/C=C/[C@@]1(O)[C@H](C)[C@H](O)[C@@H](O)CC1(C)C)(c1ccccc1)C(F)(F)F. The minimum Gasteiger partial charge on any atom is -0.456 e. The monoisotopic (exact) mass is 460 g/mol. The first-order valence-corrected chi connectivity index (χ1v) is 10.3. The molecular weight excluding hydrogens is 429 g/mol. The van der Waals surface area contributed by atoms with E-state index in [0.29, 0.717) is 0 Å². The Morgan fingerprint density at radius 2 is 1.78 bits per heavy atom. The zero-order valence-corrected chi connectivity index (χ0v) is 18.8. The van der Waals surface area contributed by atoms with Crippen LogP contribution in [0.5, 0.6) is 0 Å². The van der Waals surface area contributed by atoms with Crippen molar-refractivity contribution in [3.05, 3.63) is 48.0 Å². The molecule has 32 heavy (non-hydrogen) atoms. The molecular formula is C23H31F3O6. The molecule has 1 aromatic rings. The lowest BCUT2D eigenvalue weighted by Crippen LogP contribution is -2.60. The van der Waals surface area contributed by atoms with Crippen LogP contribution in [0.1, 0.15) is 39.7 Å². The maximum Gasteiger partial charge on any atom is 0.432 e. The number of ether oxygens (including phenoxy) is 2. The summed E-state index contributed by atoms with van der Waals surface area (Å²) >= 11 is 0. The molecule has 6 nitrogen and oxygen atoms in total. The molecule has 0 amide bonds. The lowest BCUT2D eigenvalue weighted by molar-refractivity contribution is -0.277. The lowest BCUT2D eigenvalue weighted by Gasteiger charge is -2.52. The predicted octanol–water partition coefficient (Wildman–Crippen LogP) is 3.10. The van der Waals surface area contributed by atoms with Crippen LogP contribution in [0.3, 0.4) is 0 Å². The number of rotatable bonds is 6. The van der Waals surface area contributed by atoms with Crippen LogP contribution in [-0.4, -0.2) is 58.5 Å². The molecule has 0 radical (unpaired) electrons. The van der Waals surface area contributed by atoms with Crippen LogP contribution in [0.4, 0.5) is 13.2 Å². The van der Waals surface area contributed by atoms with Gasteiger partial charge in [-0.2, -0.15) is 13.2 Å².